The van der Waals surface area contributed by atoms with E-state index in [1.54, 1.807) is 0 Å². The topological polar surface area (TPSA) is 20.3 Å². The van der Waals surface area contributed by atoms with Gasteiger partial charge in [0.1, 0.15) is 0 Å². The van der Waals surface area contributed by atoms with Gasteiger partial charge in [-0.3, -0.25) is 4.79 Å². The predicted octanol–water partition coefficient (Wildman–Crippen LogP) is 3.91. The highest BCUT2D eigenvalue weighted by Crippen LogP contribution is 2.47. The van der Waals surface area contributed by atoms with Crippen LogP contribution in [-0.2, 0) is 11.2 Å². The van der Waals surface area contributed by atoms with Crippen LogP contribution in [0.1, 0.15) is 27.5 Å². The van der Waals surface area contributed by atoms with Gasteiger partial charge in [-0.1, -0.05) is 30.2 Å². The van der Waals surface area contributed by atoms with Crippen LogP contribution in [0.2, 0.25) is 0 Å². The fourth-order valence-electron chi connectivity index (χ4n) is 1.27. The van der Waals surface area contributed by atoms with Crippen LogP contribution in [0.5, 0.6) is 0 Å². The number of halogens is 7. The second kappa shape index (κ2) is 6.37. The number of benzene rings is 1. The van der Waals surface area contributed by atoms with Crippen LogP contribution in [0, 0.1) is 0 Å². The van der Waals surface area contributed by atoms with E-state index in [1.165, 1.54) is 0 Å². The van der Waals surface area contributed by atoms with Crippen LogP contribution in [-0.4, -0.2) is 41.8 Å². The Morgan fingerprint density at radius 3 is 2.17 bits per heavy atom. The maximum absolute atomic E-state index is 14.0. The normalized spacial score (nSPS) is 22.5. The number of hydrogen-bond donors (Lipinski definition) is 0. The first-order valence-electron chi connectivity index (χ1n) is 11.0. The molecule has 9 heteroatoms. The lowest BCUT2D eigenvalue weighted by molar-refractivity contribution is -0.346. The third-order valence-corrected chi connectivity index (χ3v) is 2.50. The van der Waals surface area contributed by atoms with Crippen molar-refractivity contribution < 1.29 is 50.6 Å². The lowest BCUT2D eigenvalue weighted by atomic mass is 10.0. The molecule has 0 aliphatic carbocycles. The van der Waals surface area contributed by atoms with Gasteiger partial charge < -0.3 is 4.90 Å². The molecule has 0 aliphatic heterocycles. The van der Waals surface area contributed by atoms with Gasteiger partial charge in [-0.25, -0.2) is 0 Å². The summed E-state index contributed by atoms with van der Waals surface area (Å²) in [4.78, 5) is 10.8. The van der Waals surface area contributed by atoms with E-state index in [0.29, 0.717) is 0 Å². The van der Waals surface area contributed by atoms with E-state index in [1.807, 2.05) is 0 Å². The Kier molecular flexibility index (Phi) is 2.31. The molecule has 1 aromatic rings. The highest BCUT2D eigenvalue weighted by molar-refractivity contribution is 5.85. The average Bonchev–Trinajstić information content (AvgIpc) is 2.63. The number of nitrogens with zero attached hydrogens (tertiary/aromatic N) is 1. The molecule has 1 aromatic carbocycles. The Hall–Kier alpha value is -1.80. The van der Waals surface area contributed by atoms with Crippen LogP contribution in [0.4, 0.5) is 30.7 Å². The lowest BCUT2D eigenvalue weighted by Gasteiger charge is -2.33. The summed E-state index contributed by atoms with van der Waals surface area (Å²) in [7, 11) is 0. The largest absolute Gasteiger partial charge is 0.460 e. The summed E-state index contributed by atoms with van der Waals surface area (Å²) in [6, 6.07) is -8.59. The van der Waals surface area contributed by atoms with Gasteiger partial charge in [-0.15, -0.1) is 0 Å². The first-order valence-corrected chi connectivity index (χ1v) is 5.53. The summed E-state index contributed by atoms with van der Waals surface area (Å²) in [5.74, 6) is -17.6. The van der Waals surface area contributed by atoms with E-state index in [2.05, 4.69) is 0 Å². The summed E-state index contributed by atoms with van der Waals surface area (Å²) in [6.45, 7) is -8.22. The molecule has 2 nitrogen and oxygen atoms in total. The van der Waals surface area contributed by atoms with E-state index < -0.39 is 90.9 Å². The van der Waals surface area contributed by atoms with Crippen molar-refractivity contribution in [2.75, 3.05) is 6.98 Å². The number of carbonyl (C=O) groups excluding carboxylic acids is 1. The van der Waals surface area contributed by atoms with Crippen molar-refractivity contribution >= 4 is 5.91 Å². The van der Waals surface area contributed by atoms with Crippen molar-refractivity contribution in [3.8, 4) is 0 Å². The summed E-state index contributed by atoms with van der Waals surface area (Å²) in [5, 5.41) is 0. The number of hydrogen-bond acceptors (Lipinski definition) is 1. The minimum atomic E-state index is -7.11. The zero-order valence-electron chi connectivity index (χ0n) is 21.8. The SMILES string of the molecule is [2H]c1c([2H])c([2H])c(CC(N(C(=O)C(F)(F)C(F)(F)C(F)(F)F)C([2H])([2H])[2H])C([2H])([2H])[2H])c([2H])c1[2H]. The van der Waals surface area contributed by atoms with Crippen molar-refractivity contribution in [1.82, 2.24) is 4.90 Å². The summed E-state index contributed by atoms with van der Waals surface area (Å²) in [5.41, 5.74) is -1.01. The minimum absolute atomic E-state index is 0.996. The molecule has 0 saturated heterocycles. The Labute approximate surface area is 143 Å². The molecule has 130 valence electrons. The van der Waals surface area contributed by atoms with Gasteiger partial charge in [0.2, 0.25) is 0 Å². The van der Waals surface area contributed by atoms with Gasteiger partial charge in [-0.05, 0) is 18.8 Å². The average molecular weight is 356 g/mol. The summed E-state index contributed by atoms with van der Waals surface area (Å²) < 4.78 is 174. The molecule has 1 amide bonds. The van der Waals surface area contributed by atoms with E-state index in [4.69, 9.17) is 15.1 Å². The zero-order valence-corrected chi connectivity index (χ0v) is 10.8. The third-order valence-electron chi connectivity index (χ3n) is 2.50. The standard InChI is InChI=1S/C14H14F7NO/c1-9(8-10-6-4-3-5-7-10)22(2)11(23)12(15,16)13(17,18)14(19,20)21/h3-7,9H,8H2,1-2H3/i1D3,2D3,3D,4D,5D,6D,7D. The molecule has 0 aliphatic rings. The molecule has 0 radical (unpaired) electrons. The van der Waals surface area contributed by atoms with Gasteiger partial charge >= 0.3 is 18.0 Å². The number of rotatable bonds is 5. The van der Waals surface area contributed by atoms with Gasteiger partial charge in [-0.2, -0.15) is 30.7 Å². The zero-order chi connectivity index (χ0) is 27.4. The van der Waals surface area contributed by atoms with Crippen LogP contribution < -0.4 is 0 Å². The first kappa shape index (κ1) is 8.34. The predicted molar refractivity (Wildman–Crippen MR) is 68.3 cm³/mol. The highest BCUT2D eigenvalue weighted by atomic mass is 19.4. The number of alkyl halides is 7. The molecule has 0 saturated carbocycles. The molecule has 0 bridgehead atoms. The maximum Gasteiger partial charge on any atom is 0.460 e. The van der Waals surface area contributed by atoms with Crippen LogP contribution >= 0.6 is 0 Å². The van der Waals surface area contributed by atoms with Crippen molar-refractivity contribution in [3.05, 3.63) is 35.8 Å². The molecule has 0 heterocycles. The van der Waals surface area contributed by atoms with Crippen LogP contribution in [0.25, 0.3) is 0 Å². The molecular formula is C14H14F7NO. The van der Waals surface area contributed by atoms with Crippen molar-refractivity contribution in [1.29, 1.82) is 0 Å². The van der Waals surface area contributed by atoms with E-state index in [9.17, 15) is 35.5 Å². The first-order chi connectivity index (χ1) is 14.8. The second-order valence-corrected chi connectivity index (χ2v) is 4.15. The Bertz CT molecular complexity index is 930. The monoisotopic (exact) mass is 356 g/mol. The van der Waals surface area contributed by atoms with Crippen molar-refractivity contribution in [2.45, 2.75) is 37.3 Å². The molecule has 1 unspecified atom stereocenters. The molecule has 1 atom stereocenters. The van der Waals surface area contributed by atoms with Gasteiger partial charge in [0.25, 0.3) is 5.91 Å². The molecule has 0 fully saturated rings. The van der Waals surface area contributed by atoms with Crippen LogP contribution in [0.15, 0.2) is 30.2 Å². The van der Waals surface area contributed by atoms with Gasteiger partial charge in [0.15, 0.2) is 0 Å². The maximum atomic E-state index is 14.0. The summed E-state index contributed by atoms with van der Waals surface area (Å²) >= 11 is 0. The number of amides is 1. The highest BCUT2D eigenvalue weighted by Gasteiger charge is 2.76. The Morgan fingerprint density at radius 1 is 1.17 bits per heavy atom. The van der Waals surface area contributed by atoms with E-state index in [0.717, 1.165) is 0 Å². The molecule has 0 N–H and O–H groups in total. The van der Waals surface area contributed by atoms with Crippen molar-refractivity contribution in [2.24, 2.45) is 0 Å². The molecule has 0 aromatic heterocycles. The fraction of sp³-hybridized carbons (Fsp3) is 0.500. The van der Waals surface area contributed by atoms with Gasteiger partial charge in [0.05, 0.1) is 6.85 Å². The lowest BCUT2D eigenvalue weighted by Crippen LogP contribution is -2.60. The minimum Gasteiger partial charge on any atom is -0.337 e. The molecule has 1 rings (SSSR count). The second-order valence-electron chi connectivity index (χ2n) is 4.15. The van der Waals surface area contributed by atoms with E-state index in [-0.39, 0.29) is 0 Å². The Morgan fingerprint density at radius 2 is 1.74 bits per heavy atom. The smallest absolute Gasteiger partial charge is 0.337 e. The summed E-state index contributed by atoms with van der Waals surface area (Å²) in [6.07, 6.45) is -8.65. The molecule has 23 heavy (non-hydrogen) atoms. The molecular weight excluding hydrogens is 331 g/mol. The quantitative estimate of drug-likeness (QED) is 0.733. The van der Waals surface area contributed by atoms with E-state index >= 15 is 0 Å². The fourth-order valence-corrected chi connectivity index (χ4v) is 1.27. The number of carbonyl (C=O) groups is 1. The van der Waals surface area contributed by atoms with Crippen molar-refractivity contribution in [3.63, 3.8) is 0 Å². The molecule has 0 spiro atoms. The van der Waals surface area contributed by atoms with Crippen LogP contribution in [0.3, 0.4) is 0 Å². The Balaban J connectivity index is 3.83. The van der Waals surface area contributed by atoms with Gasteiger partial charge in [0, 0.05) is 21.2 Å². The number of likely N-dealkylation sites (N-methyl/N-ethyl adjacent to an activating group) is 1. The third kappa shape index (κ3) is 3.76.